The minimum Gasteiger partial charge on any atom is -0.507 e. The van der Waals surface area contributed by atoms with E-state index in [4.69, 9.17) is 14.6 Å². The maximum Gasteiger partial charge on any atom is 0.303 e. The van der Waals surface area contributed by atoms with Crippen LogP contribution in [0.2, 0.25) is 0 Å². The van der Waals surface area contributed by atoms with E-state index in [2.05, 4.69) is 0 Å². The van der Waals surface area contributed by atoms with Gasteiger partial charge in [0.05, 0.1) is 12.7 Å². The number of phenolic OH excluding ortho intramolecular Hbond substituents is 1. The second-order valence-corrected chi connectivity index (χ2v) is 3.91. The molecular weight excluding hydrogens is 224 g/mol. The lowest BCUT2D eigenvalue weighted by atomic mass is 10.2. The van der Waals surface area contributed by atoms with Gasteiger partial charge in [-0.2, -0.15) is 0 Å². The van der Waals surface area contributed by atoms with Crippen LogP contribution >= 0.6 is 0 Å². The van der Waals surface area contributed by atoms with Crippen molar-refractivity contribution in [2.75, 3.05) is 6.61 Å². The summed E-state index contributed by atoms with van der Waals surface area (Å²) >= 11 is 0. The molecule has 0 aliphatic carbocycles. The number of hydrogen-bond acceptors (Lipinski definition) is 4. The first-order valence-electron chi connectivity index (χ1n) is 5.43. The normalized spacial score (nSPS) is 23.8. The summed E-state index contributed by atoms with van der Waals surface area (Å²) in [4.78, 5) is 10.4. The van der Waals surface area contributed by atoms with Crippen LogP contribution in [0.15, 0.2) is 24.3 Å². The van der Waals surface area contributed by atoms with Gasteiger partial charge in [0, 0.05) is 12.0 Å². The van der Waals surface area contributed by atoms with E-state index < -0.39 is 12.3 Å². The molecule has 0 spiro atoms. The highest BCUT2D eigenvalue weighted by Crippen LogP contribution is 2.33. The van der Waals surface area contributed by atoms with Crippen LogP contribution < -0.4 is 0 Å². The first-order chi connectivity index (χ1) is 8.16. The highest BCUT2D eigenvalue weighted by Gasteiger charge is 2.29. The Morgan fingerprint density at radius 1 is 1.41 bits per heavy atom. The fourth-order valence-electron chi connectivity index (χ4n) is 1.73. The van der Waals surface area contributed by atoms with E-state index in [1.54, 1.807) is 24.3 Å². The largest absolute Gasteiger partial charge is 0.507 e. The van der Waals surface area contributed by atoms with E-state index in [9.17, 15) is 9.90 Å². The molecule has 2 atom stereocenters. The van der Waals surface area contributed by atoms with Crippen molar-refractivity contribution in [3.63, 3.8) is 0 Å². The van der Waals surface area contributed by atoms with Gasteiger partial charge in [-0.25, -0.2) is 0 Å². The summed E-state index contributed by atoms with van der Waals surface area (Å²) in [5, 5.41) is 18.2. The Morgan fingerprint density at radius 3 is 2.88 bits per heavy atom. The van der Waals surface area contributed by atoms with Gasteiger partial charge in [-0.1, -0.05) is 18.2 Å². The highest BCUT2D eigenvalue weighted by molar-refractivity contribution is 5.66. The van der Waals surface area contributed by atoms with Gasteiger partial charge in [0.1, 0.15) is 5.75 Å². The number of benzene rings is 1. The molecule has 1 aromatic rings. The summed E-state index contributed by atoms with van der Waals surface area (Å²) in [5.74, 6) is -0.726. The average Bonchev–Trinajstić information content (AvgIpc) is 2.75. The third-order valence-electron chi connectivity index (χ3n) is 2.62. The van der Waals surface area contributed by atoms with Gasteiger partial charge < -0.3 is 19.7 Å². The van der Waals surface area contributed by atoms with Crippen molar-refractivity contribution in [1.82, 2.24) is 0 Å². The second kappa shape index (κ2) is 5.16. The topological polar surface area (TPSA) is 76.0 Å². The van der Waals surface area contributed by atoms with E-state index in [0.29, 0.717) is 18.6 Å². The molecule has 0 amide bonds. The minimum atomic E-state index is -0.848. The maximum atomic E-state index is 10.4. The third-order valence-corrected chi connectivity index (χ3v) is 2.62. The summed E-state index contributed by atoms with van der Waals surface area (Å²) in [6.07, 6.45) is -0.355. The zero-order valence-electron chi connectivity index (χ0n) is 9.20. The van der Waals surface area contributed by atoms with Gasteiger partial charge in [0.2, 0.25) is 0 Å². The lowest BCUT2D eigenvalue weighted by Crippen LogP contribution is -2.12. The van der Waals surface area contributed by atoms with Crippen LogP contribution in [0, 0.1) is 0 Å². The van der Waals surface area contributed by atoms with Crippen molar-refractivity contribution in [3.05, 3.63) is 29.8 Å². The van der Waals surface area contributed by atoms with Crippen LogP contribution in [0.1, 0.15) is 24.7 Å². The lowest BCUT2D eigenvalue weighted by molar-refractivity contribution is -0.138. The molecule has 0 aromatic heterocycles. The van der Waals surface area contributed by atoms with Crippen molar-refractivity contribution in [1.29, 1.82) is 0 Å². The first kappa shape index (κ1) is 11.9. The molecule has 2 rings (SSSR count). The third kappa shape index (κ3) is 2.95. The Morgan fingerprint density at radius 2 is 2.18 bits per heavy atom. The Kier molecular flexibility index (Phi) is 3.61. The van der Waals surface area contributed by atoms with Crippen molar-refractivity contribution in [2.24, 2.45) is 0 Å². The number of aliphatic carboxylic acids is 1. The molecule has 92 valence electrons. The van der Waals surface area contributed by atoms with Crippen molar-refractivity contribution < 1.29 is 24.5 Å². The van der Waals surface area contributed by atoms with Crippen molar-refractivity contribution in [3.8, 4) is 5.75 Å². The highest BCUT2D eigenvalue weighted by atomic mass is 16.7. The fourth-order valence-corrected chi connectivity index (χ4v) is 1.73. The lowest BCUT2D eigenvalue weighted by Gasteiger charge is -2.12. The molecule has 0 radical (unpaired) electrons. The molecule has 1 aliphatic heterocycles. The first-order valence-corrected chi connectivity index (χ1v) is 5.43. The molecule has 2 N–H and O–H groups in total. The van der Waals surface area contributed by atoms with Crippen LogP contribution in [-0.4, -0.2) is 28.9 Å². The summed E-state index contributed by atoms with van der Waals surface area (Å²) in [5.41, 5.74) is 0.574. The standard InChI is InChI=1S/C12H14O5/c13-10-4-2-1-3-9(10)12-16-7-8(17-12)5-6-11(14)15/h1-4,8,12-13H,5-7H2,(H,14,15). The zero-order valence-corrected chi connectivity index (χ0v) is 9.20. The number of phenols is 1. The van der Waals surface area contributed by atoms with Gasteiger partial charge in [-0.05, 0) is 12.5 Å². The average molecular weight is 238 g/mol. The number of hydrogen-bond donors (Lipinski definition) is 2. The van der Waals surface area contributed by atoms with Crippen LogP contribution in [0.4, 0.5) is 0 Å². The Labute approximate surface area is 98.6 Å². The molecular formula is C12H14O5. The Bertz CT molecular complexity index is 404. The SMILES string of the molecule is O=C(O)CCC1COC(c2ccccc2O)O1. The molecule has 5 nitrogen and oxygen atoms in total. The maximum absolute atomic E-state index is 10.4. The molecule has 5 heteroatoms. The second-order valence-electron chi connectivity index (χ2n) is 3.91. The number of carbonyl (C=O) groups is 1. The summed E-state index contributed by atoms with van der Waals surface area (Å²) in [6.45, 7) is 0.353. The summed E-state index contributed by atoms with van der Waals surface area (Å²) in [6, 6.07) is 6.79. The number of ether oxygens (including phenoxy) is 2. The number of para-hydroxylation sites is 1. The van der Waals surface area contributed by atoms with Gasteiger partial charge in [-0.3, -0.25) is 4.79 Å². The molecule has 0 bridgehead atoms. The molecule has 2 unspecified atom stereocenters. The van der Waals surface area contributed by atoms with E-state index in [1.807, 2.05) is 0 Å². The van der Waals surface area contributed by atoms with E-state index in [0.717, 1.165) is 0 Å². The number of aromatic hydroxyl groups is 1. The summed E-state index contributed by atoms with van der Waals surface area (Å²) in [7, 11) is 0. The monoisotopic (exact) mass is 238 g/mol. The van der Waals surface area contributed by atoms with Gasteiger partial charge in [-0.15, -0.1) is 0 Å². The van der Waals surface area contributed by atoms with Gasteiger partial charge in [0.15, 0.2) is 6.29 Å². The van der Waals surface area contributed by atoms with Crippen LogP contribution in [-0.2, 0) is 14.3 Å². The predicted octanol–water partition coefficient (Wildman–Crippen LogP) is 1.67. The number of carboxylic acids is 1. The van der Waals surface area contributed by atoms with Crippen LogP contribution in [0.5, 0.6) is 5.75 Å². The molecule has 1 heterocycles. The van der Waals surface area contributed by atoms with Crippen molar-refractivity contribution >= 4 is 5.97 Å². The molecule has 17 heavy (non-hydrogen) atoms. The van der Waals surface area contributed by atoms with Crippen molar-refractivity contribution in [2.45, 2.75) is 25.2 Å². The molecule has 1 aliphatic rings. The Hall–Kier alpha value is -1.59. The smallest absolute Gasteiger partial charge is 0.303 e. The minimum absolute atomic E-state index is 0.0571. The van der Waals surface area contributed by atoms with Gasteiger partial charge in [0.25, 0.3) is 0 Å². The fraction of sp³-hybridized carbons (Fsp3) is 0.417. The van der Waals surface area contributed by atoms with E-state index in [-0.39, 0.29) is 18.3 Å². The molecule has 1 aromatic carbocycles. The van der Waals surface area contributed by atoms with Crippen LogP contribution in [0.25, 0.3) is 0 Å². The zero-order chi connectivity index (χ0) is 12.3. The predicted molar refractivity (Wildman–Crippen MR) is 58.5 cm³/mol. The quantitative estimate of drug-likeness (QED) is 0.834. The number of carboxylic acid groups (broad SMARTS) is 1. The molecule has 0 saturated carbocycles. The summed E-state index contributed by atoms with van der Waals surface area (Å²) < 4.78 is 10.9. The molecule has 1 saturated heterocycles. The van der Waals surface area contributed by atoms with E-state index in [1.165, 1.54) is 0 Å². The van der Waals surface area contributed by atoms with E-state index >= 15 is 0 Å². The number of rotatable bonds is 4. The van der Waals surface area contributed by atoms with Gasteiger partial charge >= 0.3 is 5.97 Å². The molecule has 1 fully saturated rings. The van der Waals surface area contributed by atoms with Crippen LogP contribution in [0.3, 0.4) is 0 Å². The Balaban J connectivity index is 1.94.